The van der Waals surface area contributed by atoms with Crippen LogP contribution in [-0.4, -0.2) is 16.9 Å². The van der Waals surface area contributed by atoms with Crippen LogP contribution < -0.4 is 4.74 Å². The fourth-order valence-electron chi connectivity index (χ4n) is 2.04. The Bertz CT molecular complexity index is 759. The summed E-state index contributed by atoms with van der Waals surface area (Å²) in [5.41, 5.74) is -0.278. The Hall–Kier alpha value is -2.70. The first-order chi connectivity index (χ1) is 10.5. The highest BCUT2D eigenvalue weighted by atomic mass is 19.4. The lowest BCUT2D eigenvalue weighted by Gasteiger charge is -2.07. The van der Waals surface area contributed by atoms with E-state index in [1.54, 1.807) is 36.4 Å². The molecule has 0 unspecified atom stereocenters. The highest BCUT2D eigenvalue weighted by Gasteiger charge is 2.35. The molecule has 7 heteroatoms. The summed E-state index contributed by atoms with van der Waals surface area (Å²) >= 11 is 0. The zero-order valence-electron chi connectivity index (χ0n) is 11.5. The fraction of sp³-hybridized carbons (Fsp3) is 0.133. The summed E-state index contributed by atoms with van der Waals surface area (Å²) in [5, 5.41) is 3.65. The Morgan fingerprint density at radius 1 is 1.14 bits per heavy atom. The molecule has 3 rings (SSSR count). The number of ether oxygens (including phenoxy) is 1. The Balaban J connectivity index is 2.14. The van der Waals surface area contributed by atoms with Gasteiger partial charge in [0, 0.05) is 6.07 Å². The Morgan fingerprint density at radius 2 is 1.86 bits per heavy atom. The van der Waals surface area contributed by atoms with Gasteiger partial charge in [0.05, 0.1) is 19.1 Å². The Morgan fingerprint density at radius 3 is 2.41 bits per heavy atom. The van der Waals surface area contributed by atoms with Gasteiger partial charge in [-0.25, -0.2) is 4.68 Å². The number of benzene rings is 1. The highest BCUT2D eigenvalue weighted by Crippen LogP contribution is 2.33. The number of aromatic nitrogens is 2. The van der Waals surface area contributed by atoms with E-state index in [0.717, 1.165) is 6.07 Å². The van der Waals surface area contributed by atoms with Gasteiger partial charge in [-0.2, -0.15) is 18.3 Å². The monoisotopic (exact) mass is 308 g/mol. The summed E-state index contributed by atoms with van der Waals surface area (Å²) < 4.78 is 50.2. The van der Waals surface area contributed by atoms with Gasteiger partial charge < -0.3 is 9.15 Å². The molecule has 0 atom stereocenters. The van der Waals surface area contributed by atoms with Crippen molar-refractivity contribution in [2.24, 2.45) is 0 Å². The van der Waals surface area contributed by atoms with Gasteiger partial charge in [-0.05, 0) is 36.4 Å². The second-order valence-electron chi connectivity index (χ2n) is 4.50. The third-order valence-electron chi connectivity index (χ3n) is 3.09. The van der Waals surface area contributed by atoms with Crippen LogP contribution in [0.1, 0.15) is 5.69 Å². The molecule has 0 spiro atoms. The maximum atomic E-state index is 12.9. The molecule has 3 aromatic rings. The number of halogens is 3. The first-order valence-corrected chi connectivity index (χ1v) is 6.34. The number of alkyl halides is 3. The van der Waals surface area contributed by atoms with Gasteiger partial charge in [0.25, 0.3) is 0 Å². The van der Waals surface area contributed by atoms with E-state index in [2.05, 4.69) is 5.10 Å². The molecule has 2 heterocycles. The predicted octanol–water partition coefficient (Wildman–Crippen LogP) is 4.16. The minimum atomic E-state index is -4.53. The van der Waals surface area contributed by atoms with Crippen molar-refractivity contribution in [2.45, 2.75) is 6.18 Å². The maximum absolute atomic E-state index is 12.9. The third-order valence-corrected chi connectivity index (χ3v) is 3.09. The van der Waals surface area contributed by atoms with Crippen molar-refractivity contribution in [2.75, 3.05) is 7.11 Å². The summed E-state index contributed by atoms with van der Waals surface area (Å²) in [6, 6.07) is 10.7. The molecule has 0 amide bonds. The molecule has 114 valence electrons. The second-order valence-corrected chi connectivity index (χ2v) is 4.50. The maximum Gasteiger partial charge on any atom is 0.435 e. The zero-order valence-corrected chi connectivity index (χ0v) is 11.5. The van der Waals surface area contributed by atoms with Crippen LogP contribution >= 0.6 is 0 Å². The van der Waals surface area contributed by atoms with Crippen molar-refractivity contribution in [1.29, 1.82) is 0 Å². The van der Waals surface area contributed by atoms with Crippen LogP contribution in [0.15, 0.2) is 53.1 Å². The van der Waals surface area contributed by atoms with Gasteiger partial charge in [-0.1, -0.05) is 0 Å². The molecule has 1 aromatic carbocycles. The highest BCUT2D eigenvalue weighted by molar-refractivity contribution is 5.57. The molecule has 2 aromatic heterocycles. The van der Waals surface area contributed by atoms with Crippen LogP contribution in [0.2, 0.25) is 0 Å². The third kappa shape index (κ3) is 2.57. The number of nitrogens with zero attached hydrogens (tertiary/aromatic N) is 2. The first kappa shape index (κ1) is 14.2. The quantitative estimate of drug-likeness (QED) is 0.729. The minimum Gasteiger partial charge on any atom is -0.497 e. The number of furan rings is 1. The molecule has 0 saturated heterocycles. The van der Waals surface area contributed by atoms with E-state index in [1.807, 2.05) is 0 Å². The number of methoxy groups -OCH3 is 1. The molecule has 0 saturated carbocycles. The molecule has 0 aliphatic carbocycles. The van der Waals surface area contributed by atoms with Crippen LogP contribution in [0.4, 0.5) is 13.2 Å². The van der Waals surface area contributed by atoms with Gasteiger partial charge in [-0.3, -0.25) is 0 Å². The van der Waals surface area contributed by atoms with E-state index in [0.29, 0.717) is 17.2 Å². The van der Waals surface area contributed by atoms with Crippen molar-refractivity contribution in [1.82, 2.24) is 9.78 Å². The number of hydrogen-bond acceptors (Lipinski definition) is 3. The van der Waals surface area contributed by atoms with Crippen LogP contribution in [0.25, 0.3) is 17.1 Å². The summed E-state index contributed by atoms with van der Waals surface area (Å²) in [5.74, 6) is 0.908. The van der Waals surface area contributed by atoms with Crippen molar-refractivity contribution in [3.8, 4) is 22.9 Å². The molecular weight excluding hydrogens is 297 g/mol. The lowest BCUT2D eigenvalue weighted by Crippen LogP contribution is -2.07. The largest absolute Gasteiger partial charge is 0.497 e. The van der Waals surface area contributed by atoms with Crippen molar-refractivity contribution in [3.05, 3.63) is 54.4 Å². The van der Waals surface area contributed by atoms with Crippen LogP contribution in [0.5, 0.6) is 5.75 Å². The van der Waals surface area contributed by atoms with Gasteiger partial charge in [0.1, 0.15) is 11.4 Å². The molecule has 0 N–H and O–H groups in total. The molecule has 0 radical (unpaired) electrons. The van der Waals surface area contributed by atoms with Crippen molar-refractivity contribution >= 4 is 0 Å². The smallest absolute Gasteiger partial charge is 0.435 e. The molecule has 0 aliphatic heterocycles. The molecule has 22 heavy (non-hydrogen) atoms. The zero-order chi connectivity index (χ0) is 15.7. The summed E-state index contributed by atoms with van der Waals surface area (Å²) in [7, 11) is 1.51. The van der Waals surface area contributed by atoms with E-state index in [4.69, 9.17) is 9.15 Å². The Labute approximate surface area is 123 Å². The van der Waals surface area contributed by atoms with E-state index in [1.165, 1.54) is 18.1 Å². The van der Waals surface area contributed by atoms with Gasteiger partial charge in [-0.15, -0.1) is 0 Å². The van der Waals surface area contributed by atoms with Crippen LogP contribution in [-0.2, 0) is 6.18 Å². The van der Waals surface area contributed by atoms with Gasteiger partial charge in [0.2, 0.25) is 0 Å². The SMILES string of the molecule is COc1ccc(-n2nc(C(F)(F)F)cc2-c2ccco2)cc1. The average molecular weight is 308 g/mol. The molecule has 0 bridgehead atoms. The molecule has 4 nitrogen and oxygen atoms in total. The molecule has 0 aliphatic rings. The van der Waals surface area contributed by atoms with Gasteiger partial charge >= 0.3 is 6.18 Å². The average Bonchev–Trinajstić information content (AvgIpc) is 3.15. The lowest BCUT2D eigenvalue weighted by molar-refractivity contribution is -0.141. The molecule has 0 fully saturated rings. The normalized spacial score (nSPS) is 11.6. The van der Waals surface area contributed by atoms with Crippen molar-refractivity contribution in [3.63, 3.8) is 0 Å². The van der Waals surface area contributed by atoms with E-state index in [-0.39, 0.29) is 5.69 Å². The summed E-state index contributed by atoms with van der Waals surface area (Å²) in [6.45, 7) is 0. The van der Waals surface area contributed by atoms with Crippen LogP contribution in [0.3, 0.4) is 0 Å². The molecular formula is C15H11F3N2O2. The predicted molar refractivity (Wildman–Crippen MR) is 72.8 cm³/mol. The van der Waals surface area contributed by atoms with Crippen LogP contribution in [0, 0.1) is 0 Å². The van der Waals surface area contributed by atoms with Gasteiger partial charge in [0.15, 0.2) is 11.5 Å². The minimum absolute atomic E-state index is 0.225. The van der Waals surface area contributed by atoms with E-state index < -0.39 is 11.9 Å². The van der Waals surface area contributed by atoms with E-state index >= 15 is 0 Å². The first-order valence-electron chi connectivity index (χ1n) is 6.34. The lowest BCUT2D eigenvalue weighted by atomic mass is 10.2. The van der Waals surface area contributed by atoms with Crippen molar-refractivity contribution < 1.29 is 22.3 Å². The fourth-order valence-corrected chi connectivity index (χ4v) is 2.04. The summed E-state index contributed by atoms with van der Waals surface area (Å²) in [4.78, 5) is 0. The van der Waals surface area contributed by atoms with E-state index in [9.17, 15) is 13.2 Å². The summed E-state index contributed by atoms with van der Waals surface area (Å²) in [6.07, 6.45) is -3.13. The Kier molecular flexibility index (Phi) is 3.40. The topological polar surface area (TPSA) is 40.2 Å². The number of hydrogen-bond donors (Lipinski definition) is 0. The standard InChI is InChI=1S/C15H11F3N2O2/c1-21-11-6-4-10(5-7-11)20-12(13-3-2-8-22-13)9-14(19-20)15(16,17)18/h2-9H,1H3. The number of rotatable bonds is 3. The second kappa shape index (κ2) is 5.25.